The lowest BCUT2D eigenvalue weighted by atomic mass is 10.1. The Kier molecular flexibility index (Phi) is 6.57. The first-order valence-electron chi connectivity index (χ1n) is 4.27. The summed E-state index contributed by atoms with van der Waals surface area (Å²) in [7, 11) is 1.74. The average Bonchev–Trinajstić information content (AvgIpc) is 1.87. The van der Waals surface area contributed by atoms with Gasteiger partial charge in [0.2, 0.25) is 0 Å². The second kappa shape index (κ2) is 6.62. The molecule has 0 aromatic rings. The van der Waals surface area contributed by atoms with Gasteiger partial charge in [0.1, 0.15) is 0 Å². The van der Waals surface area contributed by atoms with E-state index in [9.17, 15) is 0 Å². The molecular weight excluding hydrogens is 140 g/mol. The second-order valence-electron chi connectivity index (χ2n) is 3.27. The third-order valence-electron chi connectivity index (χ3n) is 1.51. The number of methoxy groups -OCH3 is 1. The van der Waals surface area contributed by atoms with E-state index < -0.39 is 0 Å². The Balaban J connectivity index is 3.10. The predicted octanol–water partition coefficient (Wildman–Crippen LogP) is 2.08. The predicted molar refractivity (Wildman–Crippen MR) is 46.7 cm³/mol. The van der Waals surface area contributed by atoms with Gasteiger partial charge in [0, 0.05) is 20.3 Å². The van der Waals surface area contributed by atoms with E-state index in [-0.39, 0.29) is 0 Å². The molecule has 68 valence electrons. The topological polar surface area (TPSA) is 18.5 Å². The number of hydrogen-bond acceptors (Lipinski definition) is 2. The zero-order chi connectivity index (χ0) is 8.69. The van der Waals surface area contributed by atoms with E-state index in [1.807, 2.05) is 0 Å². The van der Waals surface area contributed by atoms with Crippen molar-refractivity contribution < 1.29 is 9.47 Å². The minimum absolute atomic E-state index is 0.352. The maximum atomic E-state index is 5.40. The molecule has 2 heteroatoms. The fraction of sp³-hybridized carbons (Fsp3) is 1.00. The Morgan fingerprint density at radius 3 is 2.27 bits per heavy atom. The molecule has 0 N–H and O–H groups in total. The Morgan fingerprint density at radius 1 is 1.18 bits per heavy atom. The molecule has 0 fully saturated rings. The van der Waals surface area contributed by atoms with Gasteiger partial charge in [-0.05, 0) is 26.2 Å². The molecule has 0 saturated carbocycles. The normalized spacial score (nSPS) is 13.9. The van der Waals surface area contributed by atoms with Gasteiger partial charge in [0.15, 0.2) is 0 Å². The van der Waals surface area contributed by atoms with Crippen molar-refractivity contribution in [1.82, 2.24) is 0 Å². The zero-order valence-electron chi connectivity index (χ0n) is 8.09. The number of hydrogen-bond donors (Lipinski definition) is 0. The highest BCUT2D eigenvalue weighted by atomic mass is 16.5. The summed E-state index contributed by atoms with van der Waals surface area (Å²) in [6.45, 7) is 7.97. The van der Waals surface area contributed by atoms with Crippen molar-refractivity contribution >= 4 is 0 Å². The molecular formula is C9H20O2. The van der Waals surface area contributed by atoms with Crippen LogP contribution in [0.4, 0.5) is 0 Å². The molecule has 0 heterocycles. The number of ether oxygens (including phenoxy) is 2. The lowest BCUT2D eigenvalue weighted by Gasteiger charge is -2.11. The van der Waals surface area contributed by atoms with Gasteiger partial charge in [-0.1, -0.05) is 6.92 Å². The fourth-order valence-electron chi connectivity index (χ4n) is 0.873. The van der Waals surface area contributed by atoms with Crippen molar-refractivity contribution in [1.29, 1.82) is 0 Å². The van der Waals surface area contributed by atoms with Crippen LogP contribution in [-0.2, 0) is 9.47 Å². The molecule has 0 aliphatic rings. The van der Waals surface area contributed by atoms with Crippen LogP contribution in [0.2, 0.25) is 0 Å². The van der Waals surface area contributed by atoms with E-state index >= 15 is 0 Å². The van der Waals surface area contributed by atoms with Crippen molar-refractivity contribution in [2.75, 3.05) is 20.3 Å². The average molecular weight is 160 g/mol. The summed E-state index contributed by atoms with van der Waals surface area (Å²) in [5, 5.41) is 0. The molecule has 0 aromatic heterocycles. The van der Waals surface area contributed by atoms with Crippen LogP contribution in [0.5, 0.6) is 0 Å². The molecule has 1 unspecified atom stereocenters. The maximum absolute atomic E-state index is 5.40. The molecule has 2 nitrogen and oxygen atoms in total. The van der Waals surface area contributed by atoms with Gasteiger partial charge >= 0.3 is 0 Å². The smallest absolute Gasteiger partial charge is 0.0518 e. The van der Waals surface area contributed by atoms with E-state index in [4.69, 9.17) is 9.47 Å². The van der Waals surface area contributed by atoms with Crippen LogP contribution < -0.4 is 0 Å². The van der Waals surface area contributed by atoms with Gasteiger partial charge in [-0.2, -0.15) is 0 Å². The summed E-state index contributed by atoms with van der Waals surface area (Å²) in [5.74, 6) is 0.610. The van der Waals surface area contributed by atoms with E-state index in [0.29, 0.717) is 12.0 Å². The zero-order valence-corrected chi connectivity index (χ0v) is 8.09. The first-order chi connectivity index (χ1) is 5.16. The van der Waals surface area contributed by atoms with Crippen LogP contribution in [-0.4, -0.2) is 26.4 Å². The molecule has 0 aromatic carbocycles. The van der Waals surface area contributed by atoms with Gasteiger partial charge < -0.3 is 9.47 Å². The summed E-state index contributed by atoms with van der Waals surface area (Å²) in [6, 6.07) is 0. The van der Waals surface area contributed by atoms with E-state index in [1.54, 1.807) is 7.11 Å². The molecule has 0 rings (SSSR count). The van der Waals surface area contributed by atoms with E-state index in [1.165, 1.54) is 0 Å². The highest BCUT2D eigenvalue weighted by Crippen LogP contribution is 2.02. The van der Waals surface area contributed by atoms with Crippen molar-refractivity contribution in [3.8, 4) is 0 Å². The second-order valence-corrected chi connectivity index (χ2v) is 3.27. The van der Waals surface area contributed by atoms with Crippen LogP contribution in [0.3, 0.4) is 0 Å². The van der Waals surface area contributed by atoms with E-state index in [2.05, 4.69) is 20.8 Å². The Hall–Kier alpha value is -0.0800. The third-order valence-corrected chi connectivity index (χ3v) is 1.51. The minimum atomic E-state index is 0.352. The quantitative estimate of drug-likeness (QED) is 0.592. The first-order valence-corrected chi connectivity index (χ1v) is 4.27. The molecule has 0 amide bonds. The third kappa shape index (κ3) is 7.82. The number of rotatable bonds is 6. The molecule has 1 atom stereocenters. The summed E-state index contributed by atoms with van der Waals surface area (Å²) in [5.41, 5.74) is 0. The summed E-state index contributed by atoms with van der Waals surface area (Å²) < 4.78 is 10.4. The van der Waals surface area contributed by atoms with Crippen molar-refractivity contribution in [3.63, 3.8) is 0 Å². The largest absolute Gasteiger partial charge is 0.384 e. The summed E-state index contributed by atoms with van der Waals surface area (Å²) in [4.78, 5) is 0. The van der Waals surface area contributed by atoms with Gasteiger partial charge in [0.05, 0.1) is 6.10 Å². The van der Waals surface area contributed by atoms with Crippen molar-refractivity contribution in [3.05, 3.63) is 0 Å². The van der Waals surface area contributed by atoms with Gasteiger partial charge in [-0.25, -0.2) is 0 Å². The van der Waals surface area contributed by atoms with Gasteiger partial charge in [0.25, 0.3) is 0 Å². The van der Waals surface area contributed by atoms with Crippen LogP contribution in [0.15, 0.2) is 0 Å². The van der Waals surface area contributed by atoms with Gasteiger partial charge in [-0.15, -0.1) is 0 Å². The molecule has 0 saturated heterocycles. The molecule has 0 bridgehead atoms. The minimum Gasteiger partial charge on any atom is -0.384 e. The Bertz CT molecular complexity index is 81.6. The molecule has 0 aliphatic heterocycles. The standard InChI is InChI=1S/C9H20O2/c1-8(2)11-6-5-9(3)7-10-4/h8-9H,5-7H2,1-4H3. The summed E-state index contributed by atoms with van der Waals surface area (Å²) >= 11 is 0. The maximum Gasteiger partial charge on any atom is 0.0518 e. The van der Waals surface area contributed by atoms with Crippen LogP contribution in [0.25, 0.3) is 0 Å². The van der Waals surface area contributed by atoms with Crippen LogP contribution in [0.1, 0.15) is 27.2 Å². The highest BCUT2D eigenvalue weighted by Gasteiger charge is 2.01. The molecule has 0 aliphatic carbocycles. The lowest BCUT2D eigenvalue weighted by Crippen LogP contribution is -2.10. The Morgan fingerprint density at radius 2 is 1.82 bits per heavy atom. The van der Waals surface area contributed by atoms with E-state index in [0.717, 1.165) is 19.6 Å². The summed E-state index contributed by atoms with van der Waals surface area (Å²) in [6.07, 6.45) is 1.44. The first kappa shape index (κ1) is 10.9. The SMILES string of the molecule is COCC(C)CCOC(C)C. The van der Waals surface area contributed by atoms with Gasteiger partial charge in [-0.3, -0.25) is 0 Å². The fourth-order valence-corrected chi connectivity index (χ4v) is 0.873. The molecule has 11 heavy (non-hydrogen) atoms. The van der Waals surface area contributed by atoms with Crippen LogP contribution in [0, 0.1) is 5.92 Å². The van der Waals surface area contributed by atoms with Crippen molar-refractivity contribution in [2.24, 2.45) is 5.92 Å². The van der Waals surface area contributed by atoms with Crippen molar-refractivity contribution in [2.45, 2.75) is 33.3 Å². The Labute approximate surface area is 69.9 Å². The monoisotopic (exact) mass is 160 g/mol. The molecule has 0 spiro atoms. The molecule has 0 radical (unpaired) electrons. The lowest BCUT2D eigenvalue weighted by molar-refractivity contribution is 0.0587. The van der Waals surface area contributed by atoms with Crippen LogP contribution >= 0.6 is 0 Å². The highest BCUT2D eigenvalue weighted by molar-refractivity contribution is 4.50.